The number of carbonyl (C=O) groups excluding carboxylic acids is 1. The molecule has 1 N–H and O–H groups in total. The van der Waals surface area contributed by atoms with Gasteiger partial charge in [-0.25, -0.2) is 4.98 Å². The molecule has 3 aromatic rings. The molecule has 1 aliphatic rings. The molecule has 0 amide bonds. The van der Waals surface area contributed by atoms with E-state index in [1.54, 1.807) is 11.3 Å². The quantitative estimate of drug-likeness (QED) is 0.717. The number of thiophene rings is 1. The van der Waals surface area contributed by atoms with Crippen LogP contribution >= 0.6 is 11.3 Å². The summed E-state index contributed by atoms with van der Waals surface area (Å²) in [6.45, 7) is 4.04. The first kappa shape index (κ1) is 17.0. The lowest BCUT2D eigenvalue weighted by Crippen LogP contribution is -2.15. The van der Waals surface area contributed by atoms with Crippen LogP contribution in [0.15, 0.2) is 23.0 Å². The predicted molar refractivity (Wildman–Crippen MR) is 102 cm³/mol. The number of nitrogens with one attached hydrogen (secondary N) is 1. The van der Waals surface area contributed by atoms with Crippen LogP contribution in [-0.4, -0.2) is 15.9 Å². The molecule has 1 aliphatic carbocycles. The first-order valence-corrected chi connectivity index (χ1v) is 9.58. The molecule has 1 aromatic carbocycles. The molecule has 5 nitrogen and oxygen atoms in total. The van der Waals surface area contributed by atoms with Gasteiger partial charge in [-0.1, -0.05) is 18.2 Å². The van der Waals surface area contributed by atoms with Crippen LogP contribution in [0.2, 0.25) is 0 Å². The molecule has 134 valence electrons. The third-order valence-corrected chi connectivity index (χ3v) is 6.10. The van der Waals surface area contributed by atoms with E-state index >= 15 is 0 Å². The molecule has 2 heterocycles. The molecule has 4 rings (SSSR count). The fourth-order valence-corrected chi connectivity index (χ4v) is 4.68. The number of aromatic amines is 1. The largest absolute Gasteiger partial charge is 0.457 e. The summed E-state index contributed by atoms with van der Waals surface area (Å²) in [5.41, 5.74) is 4.29. The van der Waals surface area contributed by atoms with E-state index in [0.717, 1.165) is 40.8 Å². The van der Waals surface area contributed by atoms with Crippen LogP contribution in [0.3, 0.4) is 0 Å². The summed E-state index contributed by atoms with van der Waals surface area (Å²) < 4.78 is 5.32. The van der Waals surface area contributed by atoms with Crippen LogP contribution in [0.25, 0.3) is 10.2 Å². The summed E-state index contributed by atoms with van der Waals surface area (Å²) in [5, 5.41) is 0.715. The molecule has 0 unspecified atom stereocenters. The Morgan fingerprint density at radius 1 is 1.27 bits per heavy atom. The Morgan fingerprint density at radius 2 is 2.12 bits per heavy atom. The van der Waals surface area contributed by atoms with Crippen molar-refractivity contribution in [3.05, 3.63) is 61.5 Å². The smallest absolute Gasteiger partial charge is 0.310 e. The first-order chi connectivity index (χ1) is 12.5. The van der Waals surface area contributed by atoms with E-state index < -0.39 is 0 Å². The lowest BCUT2D eigenvalue weighted by Gasteiger charge is -2.07. The lowest BCUT2D eigenvalue weighted by atomic mass is 10.0. The molecule has 0 atom stereocenters. The summed E-state index contributed by atoms with van der Waals surface area (Å²) in [6.07, 6.45) is 3.29. The molecule has 0 bridgehead atoms. The van der Waals surface area contributed by atoms with Crippen molar-refractivity contribution in [1.82, 2.24) is 9.97 Å². The molecule has 0 aliphatic heterocycles. The van der Waals surface area contributed by atoms with E-state index in [9.17, 15) is 9.59 Å². The van der Waals surface area contributed by atoms with Gasteiger partial charge in [-0.05, 0) is 55.4 Å². The molecule has 26 heavy (non-hydrogen) atoms. The predicted octanol–water partition coefficient (Wildman–Crippen LogP) is 3.38. The second-order valence-corrected chi connectivity index (χ2v) is 7.89. The van der Waals surface area contributed by atoms with E-state index in [1.165, 1.54) is 10.4 Å². The number of carbonyl (C=O) groups is 1. The van der Waals surface area contributed by atoms with E-state index in [0.29, 0.717) is 11.2 Å². The van der Waals surface area contributed by atoms with Crippen molar-refractivity contribution >= 4 is 27.5 Å². The second-order valence-electron chi connectivity index (χ2n) is 6.81. The maximum absolute atomic E-state index is 12.4. The Balaban J connectivity index is 1.46. The van der Waals surface area contributed by atoms with Gasteiger partial charge in [0.2, 0.25) is 0 Å². The third kappa shape index (κ3) is 3.17. The summed E-state index contributed by atoms with van der Waals surface area (Å²) in [6, 6.07) is 5.93. The Morgan fingerprint density at radius 3 is 2.92 bits per heavy atom. The molecule has 0 spiro atoms. The number of aromatic nitrogens is 2. The van der Waals surface area contributed by atoms with E-state index in [4.69, 9.17) is 4.74 Å². The highest BCUT2D eigenvalue weighted by atomic mass is 32.1. The van der Waals surface area contributed by atoms with Crippen molar-refractivity contribution in [3.8, 4) is 0 Å². The van der Waals surface area contributed by atoms with Crippen LogP contribution in [-0.2, 0) is 35.4 Å². The highest BCUT2D eigenvalue weighted by Crippen LogP contribution is 2.34. The van der Waals surface area contributed by atoms with Gasteiger partial charge in [0.25, 0.3) is 5.56 Å². The summed E-state index contributed by atoms with van der Waals surface area (Å²) in [4.78, 5) is 33.8. The van der Waals surface area contributed by atoms with Crippen molar-refractivity contribution in [2.45, 2.75) is 46.1 Å². The lowest BCUT2D eigenvalue weighted by molar-refractivity contribution is -0.144. The summed E-state index contributed by atoms with van der Waals surface area (Å²) in [7, 11) is 0. The summed E-state index contributed by atoms with van der Waals surface area (Å²) >= 11 is 1.58. The average molecular weight is 368 g/mol. The maximum Gasteiger partial charge on any atom is 0.310 e. The monoisotopic (exact) mass is 368 g/mol. The number of H-pyrrole nitrogens is 1. The number of hydrogen-bond acceptors (Lipinski definition) is 5. The van der Waals surface area contributed by atoms with Crippen molar-refractivity contribution in [2.75, 3.05) is 0 Å². The normalized spacial score (nSPS) is 13.2. The Hall–Kier alpha value is -2.47. The number of aryl methyl sites for hydroxylation is 4. The van der Waals surface area contributed by atoms with Crippen molar-refractivity contribution in [2.24, 2.45) is 0 Å². The highest BCUT2D eigenvalue weighted by molar-refractivity contribution is 7.18. The fraction of sp³-hybridized carbons (Fsp3) is 0.350. The number of rotatable bonds is 4. The van der Waals surface area contributed by atoms with Gasteiger partial charge >= 0.3 is 5.97 Å². The molecule has 2 aromatic heterocycles. The zero-order valence-corrected chi connectivity index (χ0v) is 15.7. The number of nitrogens with zero attached hydrogens (tertiary/aromatic N) is 1. The number of ether oxygens (including phenoxy) is 1. The molecule has 6 heteroatoms. The van der Waals surface area contributed by atoms with Crippen LogP contribution in [0.4, 0.5) is 0 Å². The first-order valence-electron chi connectivity index (χ1n) is 8.76. The zero-order valence-electron chi connectivity index (χ0n) is 14.8. The number of hydrogen-bond donors (Lipinski definition) is 1. The van der Waals surface area contributed by atoms with Gasteiger partial charge in [0, 0.05) is 4.88 Å². The van der Waals surface area contributed by atoms with Gasteiger partial charge in [0.05, 0.1) is 11.8 Å². The minimum Gasteiger partial charge on any atom is -0.457 e. The van der Waals surface area contributed by atoms with Crippen LogP contribution in [0, 0.1) is 13.8 Å². The highest BCUT2D eigenvalue weighted by Gasteiger charge is 2.21. The van der Waals surface area contributed by atoms with Gasteiger partial charge in [-0.3, -0.25) is 9.59 Å². The SMILES string of the molecule is Cc1ccc(CC(=O)OCc2nc3sc4c(c3c(=O)[nH]2)CCC4)cc1C. The van der Waals surface area contributed by atoms with Gasteiger partial charge in [-0.2, -0.15) is 0 Å². The van der Waals surface area contributed by atoms with Gasteiger partial charge in [-0.15, -0.1) is 11.3 Å². The van der Waals surface area contributed by atoms with E-state index in [1.807, 2.05) is 32.0 Å². The minimum absolute atomic E-state index is 0.0164. The third-order valence-electron chi connectivity index (χ3n) is 4.91. The van der Waals surface area contributed by atoms with E-state index in [-0.39, 0.29) is 24.6 Å². The van der Waals surface area contributed by atoms with Gasteiger partial charge in [0.15, 0.2) is 0 Å². The number of fused-ring (bicyclic) bond motifs is 3. The molecular weight excluding hydrogens is 348 g/mol. The average Bonchev–Trinajstić information content (AvgIpc) is 3.17. The van der Waals surface area contributed by atoms with Crippen molar-refractivity contribution < 1.29 is 9.53 Å². The number of esters is 1. The Bertz CT molecular complexity index is 1060. The van der Waals surface area contributed by atoms with Gasteiger partial charge < -0.3 is 9.72 Å². The van der Waals surface area contributed by atoms with Crippen molar-refractivity contribution in [3.63, 3.8) is 0 Å². The number of benzene rings is 1. The Kier molecular flexibility index (Phi) is 4.36. The van der Waals surface area contributed by atoms with Crippen LogP contribution in [0.1, 0.15) is 39.4 Å². The standard InChI is InChI=1S/C20H20N2O3S/c1-11-6-7-13(8-12(11)2)9-17(23)25-10-16-21-19(24)18-14-4-3-5-15(14)26-20(18)22-16/h6-8H,3-5,9-10H2,1-2H3,(H,21,22,24). The topological polar surface area (TPSA) is 72.0 Å². The summed E-state index contributed by atoms with van der Waals surface area (Å²) in [5.74, 6) is 0.0699. The van der Waals surface area contributed by atoms with Gasteiger partial charge in [0.1, 0.15) is 17.3 Å². The fourth-order valence-electron chi connectivity index (χ4n) is 3.40. The molecule has 0 saturated carbocycles. The Labute approximate surface area is 155 Å². The molecule has 0 radical (unpaired) electrons. The van der Waals surface area contributed by atoms with E-state index in [2.05, 4.69) is 9.97 Å². The minimum atomic E-state index is -0.329. The maximum atomic E-state index is 12.4. The van der Waals surface area contributed by atoms with Crippen LogP contribution in [0.5, 0.6) is 0 Å². The second kappa shape index (κ2) is 6.68. The van der Waals surface area contributed by atoms with Crippen LogP contribution < -0.4 is 5.56 Å². The molecule has 0 saturated heterocycles. The molecular formula is C20H20N2O3S. The zero-order chi connectivity index (χ0) is 18.3. The molecule has 0 fully saturated rings. The van der Waals surface area contributed by atoms with Crippen molar-refractivity contribution in [1.29, 1.82) is 0 Å².